The van der Waals surface area contributed by atoms with E-state index in [1.165, 1.54) is 27.4 Å². The molecule has 0 spiro atoms. The molecule has 2 rings (SSSR count). The lowest BCUT2D eigenvalue weighted by Gasteiger charge is -2.14. The molecule has 0 aliphatic carbocycles. The number of hydrogen-bond acceptors (Lipinski definition) is 5. The van der Waals surface area contributed by atoms with Gasteiger partial charge in [0.1, 0.15) is 5.75 Å². The molecule has 8 heteroatoms. The third-order valence-corrected chi connectivity index (χ3v) is 3.75. The molecule has 0 radical (unpaired) electrons. The van der Waals surface area contributed by atoms with Crippen molar-refractivity contribution in [2.75, 3.05) is 21.3 Å². The van der Waals surface area contributed by atoms with Gasteiger partial charge in [-0.15, -0.1) is 0 Å². The van der Waals surface area contributed by atoms with Gasteiger partial charge in [-0.05, 0) is 23.8 Å². The summed E-state index contributed by atoms with van der Waals surface area (Å²) in [5.74, 6) is 1.05. The van der Waals surface area contributed by atoms with E-state index in [1.807, 2.05) is 0 Å². The number of amides is 1. The van der Waals surface area contributed by atoms with Gasteiger partial charge in [0.25, 0.3) is 0 Å². The highest BCUT2D eigenvalue weighted by Crippen LogP contribution is 2.38. The zero-order valence-electron chi connectivity index (χ0n) is 15.3. The van der Waals surface area contributed by atoms with E-state index in [9.17, 15) is 13.6 Å². The molecule has 146 valence electrons. The molecule has 1 N–H and O–H groups in total. The van der Waals surface area contributed by atoms with E-state index in [0.29, 0.717) is 28.4 Å². The highest BCUT2D eigenvalue weighted by molar-refractivity contribution is 5.79. The Hall–Kier alpha value is -3.03. The molecular weight excluding hydrogens is 360 g/mol. The van der Waals surface area contributed by atoms with Crippen LogP contribution < -0.4 is 24.3 Å². The quantitative estimate of drug-likeness (QED) is 0.723. The third-order valence-electron chi connectivity index (χ3n) is 3.75. The maximum absolute atomic E-state index is 12.4. The highest BCUT2D eigenvalue weighted by Gasteiger charge is 2.15. The predicted molar refractivity (Wildman–Crippen MR) is 94.7 cm³/mol. The SMILES string of the molecule is COc1cc(CC(=O)NCc2ccccc2OC(F)F)cc(OC)c1OC. The summed E-state index contributed by atoms with van der Waals surface area (Å²) in [4.78, 5) is 12.3. The van der Waals surface area contributed by atoms with E-state index in [2.05, 4.69) is 10.1 Å². The van der Waals surface area contributed by atoms with Gasteiger partial charge in [-0.25, -0.2) is 0 Å². The molecule has 0 aliphatic rings. The lowest BCUT2D eigenvalue weighted by atomic mass is 10.1. The van der Waals surface area contributed by atoms with Gasteiger partial charge in [0, 0.05) is 12.1 Å². The Balaban J connectivity index is 2.06. The van der Waals surface area contributed by atoms with Crippen LogP contribution in [0.5, 0.6) is 23.0 Å². The van der Waals surface area contributed by atoms with Crippen LogP contribution in [0.3, 0.4) is 0 Å². The smallest absolute Gasteiger partial charge is 0.387 e. The number of carbonyl (C=O) groups excluding carboxylic acids is 1. The van der Waals surface area contributed by atoms with Crippen LogP contribution in [-0.2, 0) is 17.8 Å². The van der Waals surface area contributed by atoms with Crippen LogP contribution in [0, 0.1) is 0 Å². The van der Waals surface area contributed by atoms with E-state index in [0.717, 1.165) is 0 Å². The number of hydrogen-bond donors (Lipinski definition) is 1. The van der Waals surface area contributed by atoms with Crippen molar-refractivity contribution in [1.82, 2.24) is 5.32 Å². The van der Waals surface area contributed by atoms with Gasteiger partial charge in [0.2, 0.25) is 11.7 Å². The molecule has 0 heterocycles. The van der Waals surface area contributed by atoms with Crippen molar-refractivity contribution in [3.8, 4) is 23.0 Å². The van der Waals surface area contributed by atoms with Crippen molar-refractivity contribution in [2.45, 2.75) is 19.6 Å². The van der Waals surface area contributed by atoms with E-state index in [-0.39, 0.29) is 24.6 Å². The first-order valence-corrected chi connectivity index (χ1v) is 8.06. The van der Waals surface area contributed by atoms with Gasteiger partial charge in [-0.1, -0.05) is 18.2 Å². The summed E-state index contributed by atoms with van der Waals surface area (Å²) >= 11 is 0. The standard InChI is InChI=1S/C19H21F2NO5/c1-24-15-8-12(9-16(25-2)18(15)26-3)10-17(23)22-11-13-6-4-5-7-14(13)27-19(20)21/h4-9,19H,10-11H2,1-3H3,(H,22,23). The molecule has 0 unspecified atom stereocenters. The van der Waals surface area contributed by atoms with Crippen LogP contribution in [0.2, 0.25) is 0 Å². The number of benzene rings is 2. The first-order chi connectivity index (χ1) is 13.0. The first-order valence-electron chi connectivity index (χ1n) is 8.06. The molecule has 0 saturated carbocycles. The average molecular weight is 381 g/mol. The van der Waals surface area contributed by atoms with Gasteiger partial charge in [-0.3, -0.25) is 4.79 Å². The zero-order valence-corrected chi connectivity index (χ0v) is 15.3. The Kier molecular flexibility index (Phi) is 7.22. The lowest BCUT2D eigenvalue weighted by Crippen LogP contribution is -2.25. The molecule has 2 aromatic rings. The summed E-state index contributed by atoms with van der Waals surface area (Å²) < 4.78 is 45.1. The van der Waals surface area contributed by atoms with Crippen LogP contribution in [0.1, 0.15) is 11.1 Å². The van der Waals surface area contributed by atoms with Crippen molar-refractivity contribution in [3.63, 3.8) is 0 Å². The molecular formula is C19H21F2NO5. The van der Waals surface area contributed by atoms with Crippen LogP contribution in [0.4, 0.5) is 8.78 Å². The van der Waals surface area contributed by atoms with Crippen molar-refractivity contribution < 1.29 is 32.5 Å². The first kappa shape index (κ1) is 20.3. The maximum atomic E-state index is 12.4. The molecule has 0 atom stereocenters. The number of nitrogens with one attached hydrogen (secondary N) is 1. The number of ether oxygens (including phenoxy) is 4. The Bertz CT molecular complexity index is 757. The summed E-state index contributed by atoms with van der Waals surface area (Å²) in [6.45, 7) is -2.87. The number of alkyl halides is 2. The second-order valence-corrected chi connectivity index (χ2v) is 5.47. The summed E-state index contributed by atoms with van der Waals surface area (Å²) in [5.41, 5.74) is 1.11. The minimum atomic E-state index is -2.93. The van der Waals surface area contributed by atoms with Crippen molar-refractivity contribution in [1.29, 1.82) is 0 Å². The Morgan fingerprint density at radius 3 is 2.19 bits per heavy atom. The number of halogens is 2. The fraction of sp³-hybridized carbons (Fsp3) is 0.316. The Morgan fingerprint density at radius 2 is 1.63 bits per heavy atom. The summed E-state index contributed by atoms with van der Waals surface area (Å²) in [6, 6.07) is 9.64. The largest absolute Gasteiger partial charge is 0.493 e. The van der Waals surface area contributed by atoms with E-state index >= 15 is 0 Å². The molecule has 27 heavy (non-hydrogen) atoms. The fourth-order valence-corrected chi connectivity index (χ4v) is 2.54. The van der Waals surface area contributed by atoms with Crippen LogP contribution >= 0.6 is 0 Å². The second kappa shape index (κ2) is 9.61. The van der Waals surface area contributed by atoms with E-state index < -0.39 is 6.61 Å². The molecule has 0 saturated heterocycles. The van der Waals surface area contributed by atoms with Gasteiger partial charge in [0.15, 0.2) is 11.5 Å². The molecule has 0 aliphatic heterocycles. The fourth-order valence-electron chi connectivity index (χ4n) is 2.54. The minimum Gasteiger partial charge on any atom is -0.493 e. The van der Waals surface area contributed by atoms with Crippen molar-refractivity contribution >= 4 is 5.91 Å². The third kappa shape index (κ3) is 5.47. The topological polar surface area (TPSA) is 66.0 Å². The van der Waals surface area contributed by atoms with E-state index in [1.54, 1.807) is 30.3 Å². The highest BCUT2D eigenvalue weighted by atomic mass is 19.3. The van der Waals surface area contributed by atoms with Crippen molar-refractivity contribution in [3.05, 3.63) is 47.5 Å². The van der Waals surface area contributed by atoms with Crippen molar-refractivity contribution in [2.24, 2.45) is 0 Å². The Labute approximate surface area is 156 Å². The number of rotatable bonds is 9. The molecule has 0 bridgehead atoms. The zero-order chi connectivity index (χ0) is 19.8. The van der Waals surface area contributed by atoms with Crippen LogP contribution in [0.25, 0.3) is 0 Å². The summed E-state index contributed by atoms with van der Waals surface area (Å²) in [6.07, 6.45) is 0.0502. The number of methoxy groups -OCH3 is 3. The average Bonchev–Trinajstić information content (AvgIpc) is 2.66. The van der Waals surface area contributed by atoms with Crippen LogP contribution in [0.15, 0.2) is 36.4 Å². The second-order valence-electron chi connectivity index (χ2n) is 5.47. The molecule has 0 aromatic heterocycles. The Morgan fingerprint density at radius 1 is 1.00 bits per heavy atom. The molecule has 0 fully saturated rings. The molecule has 6 nitrogen and oxygen atoms in total. The molecule has 2 aromatic carbocycles. The monoisotopic (exact) mass is 381 g/mol. The van der Waals surface area contributed by atoms with Gasteiger partial charge < -0.3 is 24.3 Å². The van der Waals surface area contributed by atoms with Gasteiger partial charge >= 0.3 is 6.61 Å². The minimum absolute atomic E-state index is 0.0283. The number of carbonyl (C=O) groups is 1. The van der Waals surface area contributed by atoms with E-state index in [4.69, 9.17) is 14.2 Å². The molecule has 1 amide bonds. The van der Waals surface area contributed by atoms with Gasteiger partial charge in [0.05, 0.1) is 27.8 Å². The summed E-state index contributed by atoms with van der Waals surface area (Å²) in [7, 11) is 4.47. The van der Waals surface area contributed by atoms with Crippen LogP contribution in [-0.4, -0.2) is 33.8 Å². The van der Waals surface area contributed by atoms with Gasteiger partial charge in [-0.2, -0.15) is 8.78 Å². The maximum Gasteiger partial charge on any atom is 0.387 e. The number of para-hydroxylation sites is 1. The summed E-state index contributed by atoms with van der Waals surface area (Å²) in [5, 5.41) is 2.69. The lowest BCUT2D eigenvalue weighted by molar-refractivity contribution is -0.120. The predicted octanol–water partition coefficient (Wildman–Crippen LogP) is 3.17. The normalized spacial score (nSPS) is 10.4.